The minimum absolute atomic E-state index is 0.397. The van der Waals surface area contributed by atoms with Crippen LogP contribution in [0.2, 0.25) is 0 Å². The maximum Gasteiger partial charge on any atom is 0.172 e. The van der Waals surface area contributed by atoms with Crippen LogP contribution in [0.4, 0.5) is 0 Å². The van der Waals surface area contributed by atoms with Crippen molar-refractivity contribution in [2.75, 3.05) is 0 Å². The number of rotatable bonds is 0. The largest absolute Gasteiger partial charge is 0.499 e. The van der Waals surface area contributed by atoms with E-state index in [1.165, 1.54) is 20.5 Å². The number of aryl methyl sites for hydroxylation is 1. The molecule has 1 heterocycles. The molecule has 0 unspecified atom stereocenters. The SMILES string of the molecule is Cc1ccc2sc(O)cc2c1I. The molecule has 0 atom stereocenters. The molecule has 0 aliphatic heterocycles. The van der Waals surface area contributed by atoms with Crippen molar-refractivity contribution in [3.63, 3.8) is 0 Å². The smallest absolute Gasteiger partial charge is 0.172 e. The molecule has 3 heteroatoms. The van der Waals surface area contributed by atoms with Crippen molar-refractivity contribution in [3.05, 3.63) is 27.3 Å². The molecule has 1 aromatic carbocycles. The Hall–Kier alpha value is -0.290. The zero-order valence-electron chi connectivity index (χ0n) is 6.47. The van der Waals surface area contributed by atoms with Crippen LogP contribution in [0.15, 0.2) is 18.2 Å². The Morgan fingerprint density at radius 1 is 1.42 bits per heavy atom. The molecule has 0 spiro atoms. The lowest BCUT2D eigenvalue weighted by molar-refractivity contribution is 0.491. The predicted octanol–water partition coefficient (Wildman–Crippen LogP) is 3.52. The molecule has 62 valence electrons. The van der Waals surface area contributed by atoms with E-state index in [0.717, 1.165) is 10.1 Å². The van der Waals surface area contributed by atoms with E-state index in [4.69, 9.17) is 0 Å². The normalized spacial score (nSPS) is 10.8. The van der Waals surface area contributed by atoms with E-state index in [0.29, 0.717) is 5.06 Å². The molecule has 0 saturated carbocycles. The van der Waals surface area contributed by atoms with Crippen molar-refractivity contribution < 1.29 is 5.11 Å². The summed E-state index contributed by atoms with van der Waals surface area (Å²) in [5.41, 5.74) is 1.26. The second kappa shape index (κ2) is 2.88. The van der Waals surface area contributed by atoms with Crippen molar-refractivity contribution in [3.8, 4) is 5.06 Å². The molecule has 1 N–H and O–H groups in total. The molecular weight excluding hydrogens is 283 g/mol. The quantitative estimate of drug-likeness (QED) is 0.736. The van der Waals surface area contributed by atoms with Crippen LogP contribution in [0, 0.1) is 10.5 Å². The Balaban J connectivity index is 2.89. The minimum atomic E-state index is 0.397. The van der Waals surface area contributed by atoms with Crippen LogP contribution in [0.3, 0.4) is 0 Å². The van der Waals surface area contributed by atoms with Crippen molar-refractivity contribution in [1.82, 2.24) is 0 Å². The molecule has 2 aromatic rings. The van der Waals surface area contributed by atoms with Crippen LogP contribution in [0.1, 0.15) is 5.56 Å². The minimum Gasteiger partial charge on any atom is -0.499 e. The summed E-state index contributed by atoms with van der Waals surface area (Å²) in [4.78, 5) is 0. The molecule has 12 heavy (non-hydrogen) atoms. The van der Waals surface area contributed by atoms with Gasteiger partial charge < -0.3 is 5.11 Å². The van der Waals surface area contributed by atoms with Gasteiger partial charge in [0.2, 0.25) is 0 Å². The van der Waals surface area contributed by atoms with Crippen molar-refractivity contribution in [2.45, 2.75) is 6.92 Å². The van der Waals surface area contributed by atoms with Crippen LogP contribution < -0.4 is 0 Å². The number of halogens is 1. The van der Waals surface area contributed by atoms with Gasteiger partial charge in [-0.1, -0.05) is 17.4 Å². The monoisotopic (exact) mass is 290 g/mol. The summed E-state index contributed by atoms with van der Waals surface area (Å²) in [6.07, 6.45) is 0. The molecule has 1 aromatic heterocycles. The Labute approximate surface area is 88.2 Å². The molecule has 0 saturated heterocycles. The highest BCUT2D eigenvalue weighted by molar-refractivity contribution is 14.1. The molecule has 2 rings (SSSR count). The van der Waals surface area contributed by atoms with Gasteiger partial charge in [0.25, 0.3) is 0 Å². The summed E-state index contributed by atoms with van der Waals surface area (Å²) in [7, 11) is 0. The lowest BCUT2D eigenvalue weighted by Gasteiger charge is -1.97. The van der Waals surface area contributed by atoms with Crippen LogP contribution >= 0.6 is 33.9 Å². The topological polar surface area (TPSA) is 20.2 Å². The third kappa shape index (κ3) is 1.21. The van der Waals surface area contributed by atoms with E-state index in [9.17, 15) is 5.11 Å². The predicted molar refractivity (Wildman–Crippen MR) is 60.9 cm³/mol. The van der Waals surface area contributed by atoms with Crippen LogP contribution in [-0.4, -0.2) is 5.11 Å². The fourth-order valence-electron chi connectivity index (χ4n) is 1.17. The van der Waals surface area contributed by atoms with E-state index in [-0.39, 0.29) is 0 Å². The van der Waals surface area contributed by atoms with Gasteiger partial charge >= 0.3 is 0 Å². The first-order valence-electron chi connectivity index (χ1n) is 3.56. The van der Waals surface area contributed by atoms with Crippen molar-refractivity contribution >= 4 is 44.0 Å². The zero-order chi connectivity index (χ0) is 8.72. The summed E-state index contributed by atoms with van der Waals surface area (Å²) in [6.45, 7) is 2.08. The Morgan fingerprint density at radius 3 is 2.92 bits per heavy atom. The van der Waals surface area contributed by atoms with Gasteiger partial charge in [-0.3, -0.25) is 0 Å². The molecule has 0 aliphatic carbocycles. The van der Waals surface area contributed by atoms with Gasteiger partial charge in [0, 0.05) is 19.7 Å². The zero-order valence-corrected chi connectivity index (χ0v) is 9.44. The Bertz CT molecular complexity index is 433. The molecule has 0 bridgehead atoms. The average Bonchev–Trinajstić information content (AvgIpc) is 2.39. The molecular formula is C9H7IOS. The van der Waals surface area contributed by atoms with Crippen molar-refractivity contribution in [2.24, 2.45) is 0 Å². The second-order valence-corrected chi connectivity index (χ2v) is 4.83. The maximum atomic E-state index is 9.29. The van der Waals surface area contributed by atoms with E-state index in [1.54, 1.807) is 0 Å². The number of benzene rings is 1. The summed E-state index contributed by atoms with van der Waals surface area (Å²) >= 11 is 3.74. The molecule has 0 aliphatic rings. The van der Waals surface area contributed by atoms with Crippen LogP contribution in [0.5, 0.6) is 5.06 Å². The van der Waals surface area contributed by atoms with Crippen LogP contribution in [0.25, 0.3) is 10.1 Å². The Kier molecular flexibility index (Phi) is 2.00. The summed E-state index contributed by atoms with van der Waals surface area (Å²) < 4.78 is 2.39. The molecule has 0 radical (unpaired) electrons. The van der Waals surface area contributed by atoms with Gasteiger partial charge in [-0.15, -0.1) is 0 Å². The first kappa shape index (κ1) is 8.31. The molecule has 0 amide bonds. The van der Waals surface area contributed by atoms with Crippen molar-refractivity contribution in [1.29, 1.82) is 0 Å². The number of hydrogen-bond donors (Lipinski definition) is 1. The van der Waals surface area contributed by atoms with Gasteiger partial charge in [0.05, 0.1) is 0 Å². The average molecular weight is 290 g/mol. The third-order valence-corrected chi connectivity index (χ3v) is 4.15. The highest BCUT2D eigenvalue weighted by Gasteiger charge is 2.05. The summed E-state index contributed by atoms with van der Waals surface area (Å²) in [5.74, 6) is 0. The van der Waals surface area contributed by atoms with E-state index >= 15 is 0 Å². The lowest BCUT2D eigenvalue weighted by Crippen LogP contribution is -1.77. The first-order valence-corrected chi connectivity index (χ1v) is 5.45. The molecule has 0 fully saturated rings. The first-order chi connectivity index (χ1) is 5.68. The fourth-order valence-corrected chi connectivity index (χ4v) is 2.79. The van der Waals surface area contributed by atoms with Gasteiger partial charge in [0.1, 0.15) is 0 Å². The number of hydrogen-bond acceptors (Lipinski definition) is 2. The van der Waals surface area contributed by atoms with E-state index in [2.05, 4.69) is 41.6 Å². The maximum absolute atomic E-state index is 9.29. The number of aromatic hydroxyl groups is 1. The Morgan fingerprint density at radius 2 is 2.17 bits per heavy atom. The van der Waals surface area contributed by atoms with Gasteiger partial charge in [0.15, 0.2) is 5.06 Å². The summed E-state index contributed by atoms with van der Waals surface area (Å²) in [6, 6.07) is 5.96. The highest BCUT2D eigenvalue weighted by atomic mass is 127. The standard InChI is InChI=1S/C9H7IOS/c1-5-2-3-7-6(9(5)10)4-8(11)12-7/h2-4,11H,1H3. The van der Waals surface area contributed by atoms with Gasteiger partial charge in [-0.25, -0.2) is 0 Å². The third-order valence-electron chi connectivity index (χ3n) is 1.82. The summed E-state index contributed by atoms with van der Waals surface area (Å²) in [5, 5.41) is 10.8. The fraction of sp³-hybridized carbons (Fsp3) is 0.111. The number of thiophene rings is 1. The number of fused-ring (bicyclic) bond motifs is 1. The highest BCUT2D eigenvalue weighted by Crippen LogP contribution is 2.34. The second-order valence-electron chi connectivity index (χ2n) is 2.69. The van der Waals surface area contributed by atoms with Crippen LogP contribution in [-0.2, 0) is 0 Å². The van der Waals surface area contributed by atoms with E-state index in [1.807, 2.05) is 6.07 Å². The lowest BCUT2D eigenvalue weighted by atomic mass is 10.2. The van der Waals surface area contributed by atoms with Gasteiger partial charge in [-0.05, 0) is 41.1 Å². The van der Waals surface area contributed by atoms with E-state index < -0.39 is 0 Å². The molecule has 1 nitrogen and oxygen atoms in total. The van der Waals surface area contributed by atoms with Gasteiger partial charge in [-0.2, -0.15) is 0 Å².